The molecule has 1 aromatic rings. The lowest BCUT2D eigenvalue weighted by Gasteiger charge is -1.94. The monoisotopic (exact) mass is 171 g/mol. The molecule has 13 heavy (non-hydrogen) atoms. The van der Waals surface area contributed by atoms with E-state index < -0.39 is 0 Å². The number of hydrogen-bond donors (Lipinski definition) is 1. The van der Waals surface area contributed by atoms with Crippen molar-refractivity contribution in [1.82, 2.24) is 0 Å². The molecule has 1 aromatic carbocycles. The second kappa shape index (κ2) is 3.23. The van der Waals surface area contributed by atoms with Gasteiger partial charge < -0.3 is 5.73 Å². The predicted molar refractivity (Wildman–Crippen MR) is 54.5 cm³/mol. The number of nitrogens with zero attached hydrogens (tertiary/aromatic N) is 2. The van der Waals surface area contributed by atoms with Crippen molar-refractivity contribution < 1.29 is 0 Å². The van der Waals surface area contributed by atoms with Crippen LogP contribution in [0.4, 0.5) is 0 Å². The molecule has 2 rings (SSSR count). The van der Waals surface area contributed by atoms with Gasteiger partial charge in [0, 0.05) is 5.57 Å². The van der Waals surface area contributed by atoms with Crippen molar-refractivity contribution in [3.63, 3.8) is 0 Å². The maximum Gasteiger partial charge on any atom is 0.154 e. The normalized spacial score (nSPS) is 17.8. The average Bonchev–Trinajstić information content (AvgIpc) is 2.54. The average molecular weight is 171 g/mol. The minimum absolute atomic E-state index is 0.476. The van der Waals surface area contributed by atoms with E-state index in [1.807, 2.05) is 36.4 Å². The Hall–Kier alpha value is -1.90. The summed E-state index contributed by atoms with van der Waals surface area (Å²) in [6.45, 7) is 0. The number of hydrogen-bond acceptors (Lipinski definition) is 3. The van der Waals surface area contributed by atoms with Gasteiger partial charge in [-0.15, -0.1) is 5.10 Å². The van der Waals surface area contributed by atoms with Gasteiger partial charge in [-0.2, -0.15) is 5.10 Å². The number of amidine groups is 1. The molecule has 0 aliphatic carbocycles. The first-order valence-electron chi connectivity index (χ1n) is 4.00. The maximum atomic E-state index is 5.58. The van der Waals surface area contributed by atoms with Gasteiger partial charge in [-0.05, 0) is 11.6 Å². The zero-order valence-corrected chi connectivity index (χ0v) is 7.01. The van der Waals surface area contributed by atoms with Crippen LogP contribution in [0.1, 0.15) is 5.56 Å². The van der Waals surface area contributed by atoms with Crippen LogP contribution in [-0.2, 0) is 0 Å². The van der Waals surface area contributed by atoms with Crippen LogP contribution in [0.5, 0.6) is 0 Å². The topological polar surface area (TPSA) is 50.7 Å². The Kier molecular flexibility index (Phi) is 1.92. The molecule has 1 heterocycles. The molecular weight excluding hydrogens is 162 g/mol. The van der Waals surface area contributed by atoms with Crippen LogP contribution in [0.2, 0.25) is 0 Å². The Balaban J connectivity index is 2.32. The highest BCUT2D eigenvalue weighted by Crippen LogP contribution is 2.08. The molecule has 0 amide bonds. The zero-order valence-electron chi connectivity index (χ0n) is 7.01. The molecule has 0 radical (unpaired) electrons. The van der Waals surface area contributed by atoms with Crippen molar-refractivity contribution >= 4 is 18.1 Å². The standard InChI is InChI=1S/C10H9N3/c11-10-9(7-12-13-10)6-8-4-2-1-3-5-8/h1-7H,(H2,11,13). The highest BCUT2D eigenvalue weighted by Gasteiger charge is 2.04. The summed E-state index contributed by atoms with van der Waals surface area (Å²) in [4.78, 5) is 0. The van der Waals surface area contributed by atoms with E-state index in [1.54, 1.807) is 6.21 Å². The van der Waals surface area contributed by atoms with E-state index in [4.69, 9.17) is 5.73 Å². The summed E-state index contributed by atoms with van der Waals surface area (Å²) in [7, 11) is 0. The molecule has 0 unspecified atom stereocenters. The minimum atomic E-state index is 0.476. The van der Waals surface area contributed by atoms with Crippen molar-refractivity contribution in [2.24, 2.45) is 15.9 Å². The largest absolute Gasteiger partial charge is 0.382 e. The van der Waals surface area contributed by atoms with Gasteiger partial charge in [0.2, 0.25) is 0 Å². The Bertz CT molecular complexity index is 388. The first kappa shape index (κ1) is 7.73. The summed E-state index contributed by atoms with van der Waals surface area (Å²) in [5, 5.41) is 7.42. The van der Waals surface area contributed by atoms with Crippen LogP contribution in [0.3, 0.4) is 0 Å². The number of nitrogens with two attached hydrogens (primary N) is 1. The maximum absolute atomic E-state index is 5.58. The smallest absolute Gasteiger partial charge is 0.154 e. The van der Waals surface area contributed by atoms with Gasteiger partial charge in [0.05, 0.1) is 6.21 Å². The van der Waals surface area contributed by atoms with Crippen LogP contribution in [0.25, 0.3) is 6.08 Å². The highest BCUT2D eigenvalue weighted by atomic mass is 15.2. The lowest BCUT2D eigenvalue weighted by atomic mass is 10.1. The molecule has 0 fully saturated rings. The molecule has 0 saturated carbocycles. The van der Waals surface area contributed by atoms with E-state index in [0.717, 1.165) is 11.1 Å². The third-order valence-electron chi connectivity index (χ3n) is 1.78. The van der Waals surface area contributed by atoms with Crippen LogP contribution in [0, 0.1) is 0 Å². The fourth-order valence-electron chi connectivity index (χ4n) is 1.12. The summed E-state index contributed by atoms with van der Waals surface area (Å²) in [6.07, 6.45) is 3.61. The summed E-state index contributed by atoms with van der Waals surface area (Å²) >= 11 is 0. The van der Waals surface area contributed by atoms with Crippen molar-refractivity contribution in [2.75, 3.05) is 0 Å². The van der Waals surface area contributed by atoms with E-state index in [9.17, 15) is 0 Å². The molecule has 1 aliphatic heterocycles. The fraction of sp³-hybridized carbons (Fsp3) is 0. The molecule has 2 N–H and O–H groups in total. The third kappa shape index (κ3) is 1.64. The van der Waals surface area contributed by atoms with Gasteiger partial charge in [-0.3, -0.25) is 0 Å². The molecule has 0 bridgehead atoms. The van der Waals surface area contributed by atoms with Crippen LogP contribution in [0.15, 0.2) is 46.1 Å². The van der Waals surface area contributed by atoms with E-state index in [0.29, 0.717) is 5.84 Å². The molecule has 3 heteroatoms. The molecule has 0 atom stereocenters. The van der Waals surface area contributed by atoms with Gasteiger partial charge in [0.1, 0.15) is 0 Å². The summed E-state index contributed by atoms with van der Waals surface area (Å²) in [5.74, 6) is 0.476. The van der Waals surface area contributed by atoms with E-state index in [-0.39, 0.29) is 0 Å². The Morgan fingerprint density at radius 3 is 2.54 bits per heavy atom. The summed E-state index contributed by atoms with van der Waals surface area (Å²) in [6, 6.07) is 9.94. The number of benzene rings is 1. The Morgan fingerprint density at radius 2 is 1.92 bits per heavy atom. The second-order valence-electron chi connectivity index (χ2n) is 2.74. The summed E-state index contributed by atoms with van der Waals surface area (Å²) in [5.41, 5.74) is 7.55. The van der Waals surface area contributed by atoms with Gasteiger partial charge in [-0.1, -0.05) is 30.3 Å². The summed E-state index contributed by atoms with van der Waals surface area (Å²) < 4.78 is 0. The van der Waals surface area contributed by atoms with E-state index in [1.165, 1.54) is 0 Å². The molecular formula is C10H9N3. The molecule has 3 nitrogen and oxygen atoms in total. The van der Waals surface area contributed by atoms with Gasteiger partial charge >= 0.3 is 0 Å². The molecule has 64 valence electrons. The van der Waals surface area contributed by atoms with Crippen LogP contribution in [-0.4, -0.2) is 12.1 Å². The van der Waals surface area contributed by atoms with Gasteiger partial charge in [-0.25, -0.2) is 0 Å². The Morgan fingerprint density at radius 1 is 1.15 bits per heavy atom. The first-order chi connectivity index (χ1) is 6.36. The molecule has 0 saturated heterocycles. The van der Waals surface area contributed by atoms with Gasteiger partial charge in [0.25, 0.3) is 0 Å². The second-order valence-corrected chi connectivity index (χ2v) is 2.74. The first-order valence-corrected chi connectivity index (χ1v) is 4.00. The van der Waals surface area contributed by atoms with E-state index >= 15 is 0 Å². The van der Waals surface area contributed by atoms with E-state index in [2.05, 4.69) is 10.2 Å². The lowest BCUT2D eigenvalue weighted by Crippen LogP contribution is -2.11. The number of rotatable bonds is 1. The van der Waals surface area contributed by atoms with Crippen molar-refractivity contribution in [1.29, 1.82) is 0 Å². The zero-order chi connectivity index (χ0) is 9.10. The quantitative estimate of drug-likeness (QED) is 0.682. The SMILES string of the molecule is NC1=NN=CC1=Cc1ccccc1. The molecule has 0 spiro atoms. The third-order valence-corrected chi connectivity index (χ3v) is 1.78. The Labute approximate surface area is 76.3 Å². The van der Waals surface area contributed by atoms with Crippen molar-refractivity contribution in [2.45, 2.75) is 0 Å². The minimum Gasteiger partial charge on any atom is -0.382 e. The molecule has 0 aromatic heterocycles. The van der Waals surface area contributed by atoms with Gasteiger partial charge in [0.15, 0.2) is 5.84 Å². The lowest BCUT2D eigenvalue weighted by molar-refractivity contribution is 1.27. The predicted octanol–water partition coefficient (Wildman–Crippen LogP) is 1.43. The fourth-order valence-corrected chi connectivity index (χ4v) is 1.12. The highest BCUT2D eigenvalue weighted by molar-refractivity contribution is 6.19. The van der Waals surface area contributed by atoms with Crippen LogP contribution >= 0.6 is 0 Å². The molecule has 1 aliphatic rings. The van der Waals surface area contributed by atoms with Crippen molar-refractivity contribution in [3.8, 4) is 0 Å². The van der Waals surface area contributed by atoms with Crippen LogP contribution < -0.4 is 5.73 Å². The van der Waals surface area contributed by atoms with Crippen molar-refractivity contribution in [3.05, 3.63) is 41.5 Å².